The van der Waals surface area contributed by atoms with E-state index in [4.69, 9.17) is 12.2 Å². The largest absolute Gasteiger partial charge is 0.293 e. The van der Waals surface area contributed by atoms with Crippen LogP contribution in [0.1, 0.15) is 18.2 Å². The topological polar surface area (TPSA) is 33.2 Å². The molecule has 0 N–H and O–H groups in total. The average Bonchev–Trinajstić information content (AvgIpc) is 2.73. The Morgan fingerprint density at radius 3 is 2.86 bits per heavy atom. The third kappa shape index (κ3) is 2.71. The lowest BCUT2D eigenvalue weighted by Gasteiger charge is -2.09. The van der Waals surface area contributed by atoms with Crippen molar-refractivity contribution >= 4 is 51.2 Å². The van der Waals surface area contributed by atoms with Crippen molar-refractivity contribution in [2.45, 2.75) is 13.8 Å². The van der Waals surface area contributed by atoms with Crippen LogP contribution in [-0.2, 0) is 4.79 Å². The van der Waals surface area contributed by atoms with E-state index in [0.29, 0.717) is 15.8 Å². The number of rotatable bonds is 2. The van der Waals surface area contributed by atoms with E-state index in [1.54, 1.807) is 4.90 Å². The van der Waals surface area contributed by atoms with Crippen LogP contribution in [-0.4, -0.2) is 26.7 Å². The molecule has 0 unspecified atom stereocenters. The van der Waals surface area contributed by atoms with Gasteiger partial charge in [-0.3, -0.25) is 14.7 Å². The van der Waals surface area contributed by atoms with Gasteiger partial charge in [0.15, 0.2) is 0 Å². The Bertz CT molecular complexity index is 783. The van der Waals surface area contributed by atoms with Gasteiger partial charge in [0.1, 0.15) is 4.32 Å². The third-order valence-corrected chi connectivity index (χ3v) is 4.72. The molecule has 1 aromatic heterocycles. The van der Waals surface area contributed by atoms with Gasteiger partial charge in [0.2, 0.25) is 0 Å². The number of aromatic nitrogens is 1. The van der Waals surface area contributed by atoms with Crippen molar-refractivity contribution in [3.8, 4) is 0 Å². The fourth-order valence-corrected chi connectivity index (χ4v) is 3.64. The van der Waals surface area contributed by atoms with Gasteiger partial charge in [-0.2, -0.15) is 0 Å². The number of likely N-dealkylation sites (N-methyl/N-ethyl adjacent to an activating group) is 1. The van der Waals surface area contributed by atoms with E-state index in [1.165, 1.54) is 11.8 Å². The summed E-state index contributed by atoms with van der Waals surface area (Å²) in [5, 5.41) is 1.07. The van der Waals surface area contributed by atoms with Crippen LogP contribution in [0.2, 0.25) is 0 Å². The predicted octanol–water partition coefficient (Wildman–Crippen LogP) is 3.76. The van der Waals surface area contributed by atoms with Crippen molar-refractivity contribution in [3.63, 3.8) is 0 Å². The van der Waals surface area contributed by atoms with E-state index in [0.717, 1.165) is 22.2 Å². The van der Waals surface area contributed by atoms with Gasteiger partial charge < -0.3 is 0 Å². The van der Waals surface area contributed by atoms with Crippen LogP contribution in [0, 0.1) is 6.92 Å². The highest BCUT2D eigenvalue weighted by molar-refractivity contribution is 8.26. The second-order valence-electron chi connectivity index (χ2n) is 4.83. The van der Waals surface area contributed by atoms with Crippen molar-refractivity contribution in [1.82, 2.24) is 9.88 Å². The number of amides is 1. The first kappa shape index (κ1) is 14.2. The molecule has 0 atom stereocenters. The fraction of sp³-hybridized carbons (Fsp3) is 0.188. The smallest absolute Gasteiger partial charge is 0.266 e. The highest BCUT2D eigenvalue weighted by Crippen LogP contribution is 2.32. The van der Waals surface area contributed by atoms with Crippen molar-refractivity contribution in [2.24, 2.45) is 0 Å². The van der Waals surface area contributed by atoms with Crippen LogP contribution in [0.3, 0.4) is 0 Å². The van der Waals surface area contributed by atoms with Gasteiger partial charge >= 0.3 is 0 Å². The molecule has 5 heteroatoms. The maximum Gasteiger partial charge on any atom is 0.266 e. The lowest BCUT2D eigenvalue weighted by atomic mass is 10.1. The lowest BCUT2D eigenvalue weighted by molar-refractivity contribution is -0.121. The minimum Gasteiger partial charge on any atom is -0.293 e. The number of nitrogens with zero attached hydrogens (tertiary/aromatic N) is 2. The SMILES string of the molecule is CCN1C(=O)/C(=C/c2ccc3nc(C)ccc3c2)SC1=S. The molecule has 2 aromatic rings. The summed E-state index contributed by atoms with van der Waals surface area (Å²) in [5.41, 5.74) is 2.96. The summed E-state index contributed by atoms with van der Waals surface area (Å²) < 4.78 is 0.631. The lowest BCUT2D eigenvalue weighted by Crippen LogP contribution is -2.27. The quantitative estimate of drug-likeness (QED) is 0.624. The van der Waals surface area contributed by atoms with E-state index in [1.807, 2.05) is 50.3 Å². The maximum absolute atomic E-state index is 12.2. The molecule has 0 aliphatic carbocycles. The van der Waals surface area contributed by atoms with Crippen LogP contribution >= 0.6 is 24.0 Å². The summed E-state index contributed by atoms with van der Waals surface area (Å²) in [6.07, 6.45) is 1.90. The summed E-state index contributed by atoms with van der Waals surface area (Å²) in [6.45, 7) is 4.52. The first-order valence-electron chi connectivity index (χ1n) is 6.71. The van der Waals surface area contributed by atoms with Crippen LogP contribution in [0.15, 0.2) is 35.2 Å². The molecule has 0 spiro atoms. The number of hydrogen-bond donors (Lipinski definition) is 0. The fourth-order valence-electron chi connectivity index (χ4n) is 2.26. The van der Waals surface area contributed by atoms with Crippen molar-refractivity contribution in [1.29, 1.82) is 0 Å². The van der Waals surface area contributed by atoms with E-state index in [9.17, 15) is 4.79 Å². The molecule has 1 fully saturated rings. The van der Waals surface area contributed by atoms with E-state index in [2.05, 4.69) is 4.98 Å². The number of thiocarbonyl (C=S) groups is 1. The molecule has 21 heavy (non-hydrogen) atoms. The van der Waals surface area contributed by atoms with E-state index < -0.39 is 0 Å². The van der Waals surface area contributed by atoms with Gasteiger partial charge in [-0.15, -0.1) is 0 Å². The van der Waals surface area contributed by atoms with Crippen LogP contribution in [0.4, 0.5) is 0 Å². The standard InChI is InChI=1S/C16H14N2OS2/c1-3-18-15(19)14(21-16(18)20)9-11-5-7-13-12(8-11)6-4-10(2)17-13/h4-9H,3H2,1-2H3/b14-9-. The Morgan fingerprint density at radius 2 is 2.14 bits per heavy atom. The number of carbonyl (C=O) groups is 1. The molecule has 2 heterocycles. The Kier molecular flexibility index (Phi) is 3.78. The molecule has 1 saturated heterocycles. The summed E-state index contributed by atoms with van der Waals surface area (Å²) >= 11 is 6.58. The second kappa shape index (κ2) is 5.58. The number of thioether (sulfide) groups is 1. The number of pyridine rings is 1. The Morgan fingerprint density at radius 1 is 1.33 bits per heavy atom. The number of aryl methyl sites for hydroxylation is 1. The summed E-state index contributed by atoms with van der Waals surface area (Å²) in [4.78, 5) is 19.0. The molecule has 1 aromatic carbocycles. The Labute approximate surface area is 133 Å². The molecule has 3 nitrogen and oxygen atoms in total. The summed E-state index contributed by atoms with van der Waals surface area (Å²) in [5.74, 6) is -0.00497. The van der Waals surface area contributed by atoms with E-state index >= 15 is 0 Å². The van der Waals surface area contributed by atoms with Crippen LogP contribution in [0.5, 0.6) is 0 Å². The summed E-state index contributed by atoms with van der Waals surface area (Å²) in [6, 6.07) is 10.0. The molecular formula is C16H14N2OS2. The Balaban J connectivity index is 1.98. The third-order valence-electron chi connectivity index (χ3n) is 3.34. The van der Waals surface area contributed by atoms with Gasteiger partial charge in [-0.25, -0.2) is 0 Å². The number of fused-ring (bicyclic) bond motifs is 1. The van der Waals surface area contributed by atoms with Gasteiger partial charge in [0.05, 0.1) is 10.4 Å². The number of benzene rings is 1. The zero-order valence-corrected chi connectivity index (χ0v) is 13.4. The van der Waals surface area contributed by atoms with Gasteiger partial charge in [-0.1, -0.05) is 36.1 Å². The first-order valence-corrected chi connectivity index (χ1v) is 7.94. The van der Waals surface area contributed by atoms with Gasteiger partial charge in [0, 0.05) is 17.6 Å². The zero-order valence-electron chi connectivity index (χ0n) is 11.8. The second-order valence-corrected chi connectivity index (χ2v) is 6.51. The molecule has 3 rings (SSSR count). The van der Waals surface area contributed by atoms with Crippen molar-refractivity contribution in [2.75, 3.05) is 6.54 Å². The van der Waals surface area contributed by atoms with Crippen LogP contribution < -0.4 is 0 Å². The normalized spacial score (nSPS) is 17.2. The predicted molar refractivity (Wildman–Crippen MR) is 92.0 cm³/mol. The molecular weight excluding hydrogens is 300 g/mol. The minimum absolute atomic E-state index is 0.00497. The molecule has 0 bridgehead atoms. The first-order chi connectivity index (χ1) is 10.1. The van der Waals surface area contributed by atoms with Crippen LogP contribution in [0.25, 0.3) is 17.0 Å². The summed E-state index contributed by atoms with van der Waals surface area (Å²) in [7, 11) is 0. The maximum atomic E-state index is 12.2. The average molecular weight is 314 g/mol. The number of carbonyl (C=O) groups excluding carboxylic acids is 1. The van der Waals surface area contributed by atoms with E-state index in [-0.39, 0.29) is 5.91 Å². The molecule has 0 radical (unpaired) electrons. The van der Waals surface area contributed by atoms with Crippen molar-refractivity contribution in [3.05, 3.63) is 46.5 Å². The zero-order chi connectivity index (χ0) is 15.0. The van der Waals surface area contributed by atoms with Crippen molar-refractivity contribution < 1.29 is 4.79 Å². The highest BCUT2D eigenvalue weighted by Gasteiger charge is 2.30. The van der Waals surface area contributed by atoms with Gasteiger partial charge in [-0.05, 0) is 43.7 Å². The van der Waals surface area contributed by atoms with Gasteiger partial charge in [0.25, 0.3) is 5.91 Å². The number of hydrogen-bond acceptors (Lipinski definition) is 4. The molecule has 1 aliphatic heterocycles. The highest BCUT2D eigenvalue weighted by atomic mass is 32.2. The molecule has 106 valence electrons. The molecule has 1 aliphatic rings. The minimum atomic E-state index is -0.00497. The monoisotopic (exact) mass is 314 g/mol. The molecule has 0 saturated carbocycles. The molecule has 1 amide bonds. The Hall–Kier alpha value is -1.72.